The first-order chi connectivity index (χ1) is 9.49. The monoisotopic (exact) mass is 276 g/mol. The third-order valence-electron chi connectivity index (χ3n) is 3.26. The Morgan fingerprint density at radius 1 is 1.20 bits per heavy atom. The van der Waals surface area contributed by atoms with Crippen molar-refractivity contribution in [3.05, 3.63) is 29.8 Å². The molecule has 6 heteroatoms. The summed E-state index contributed by atoms with van der Waals surface area (Å²) in [6, 6.07) is 7.53. The van der Waals surface area contributed by atoms with Gasteiger partial charge in [-0.3, -0.25) is 19.3 Å². The average molecular weight is 276 g/mol. The Morgan fingerprint density at radius 2 is 1.80 bits per heavy atom. The van der Waals surface area contributed by atoms with E-state index in [1.165, 1.54) is 0 Å². The number of rotatable bonds is 4. The van der Waals surface area contributed by atoms with Crippen LogP contribution < -0.4 is 4.90 Å². The van der Waals surface area contributed by atoms with E-state index in [1.807, 2.05) is 31.2 Å². The van der Waals surface area contributed by atoms with Gasteiger partial charge in [0.25, 0.3) is 0 Å². The molecule has 20 heavy (non-hydrogen) atoms. The van der Waals surface area contributed by atoms with Crippen LogP contribution in [0.5, 0.6) is 0 Å². The number of para-hydroxylation sites is 1. The van der Waals surface area contributed by atoms with Gasteiger partial charge in [0.05, 0.1) is 19.5 Å². The Labute approximate surface area is 116 Å². The standard InChI is InChI=1S/C14H16N2O4/c1-10-4-2-3-5-11(10)15-8-12(17)16(13(18)9-15)7-6-14(19)20/h2-5H,6-9H2,1H3,(H,19,20). The van der Waals surface area contributed by atoms with Crippen molar-refractivity contribution >= 4 is 23.5 Å². The molecule has 0 atom stereocenters. The second-order valence-electron chi connectivity index (χ2n) is 4.73. The van der Waals surface area contributed by atoms with Crippen LogP contribution in [0, 0.1) is 6.92 Å². The zero-order chi connectivity index (χ0) is 14.7. The maximum Gasteiger partial charge on any atom is 0.305 e. The van der Waals surface area contributed by atoms with E-state index in [-0.39, 0.29) is 37.9 Å². The molecule has 1 fully saturated rings. The molecule has 1 N–H and O–H groups in total. The molecular weight excluding hydrogens is 260 g/mol. The normalized spacial score (nSPS) is 15.7. The van der Waals surface area contributed by atoms with Gasteiger partial charge in [0, 0.05) is 12.2 Å². The highest BCUT2D eigenvalue weighted by Crippen LogP contribution is 2.21. The summed E-state index contributed by atoms with van der Waals surface area (Å²) in [5.41, 5.74) is 1.85. The van der Waals surface area contributed by atoms with Crippen molar-refractivity contribution in [2.45, 2.75) is 13.3 Å². The minimum Gasteiger partial charge on any atom is -0.481 e. The van der Waals surface area contributed by atoms with E-state index >= 15 is 0 Å². The number of imide groups is 1. The molecular formula is C14H16N2O4. The summed E-state index contributed by atoms with van der Waals surface area (Å²) in [5, 5.41) is 8.62. The number of hydrogen-bond acceptors (Lipinski definition) is 4. The Kier molecular flexibility index (Phi) is 4.02. The summed E-state index contributed by atoms with van der Waals surface area (Å²) in [6.07, 6.45) is -0.220. The Bertz CT molecular complexity index is 538. The molecule has 1 aromatic carbocycles. The third-order valence-corrected chi connectivity index (χ3v) is 3.26. The van der Waals surface area contributed by atoms with Crippen molar-refractivity contribution in [3.8, 4) is 0 Å². The molecule has 0 aromatic heterocycles. The van der Waals surface area contributed by atoms with Crippen LogP contribution in [0.2, 0.25) is 0 Å². The maximum absolute atomic E-state index is 12.0. The van der Waals surface area contributed by atoms with Gasteiger partial charge in [-0.2, -0.15) is 0 Å². The number of carboxylic acid groups (broad SMARTS) is 1. The van der Waals surface area contributed by atoms with E-state index in [4.69, 9.17) is 5.11 Å². The lowest BCUT2D eigenvalue weighted by atomic mass is 10.1. The quantitative estimate of drug-likeness (QED) is 0.817. The molecule has 1 aliphatic rings. The Morgan fingerprint density at radius 3 is 2.35 bits per heavy atom. The molecule has 0 unspecified atom stereocenters. The molecule has 1 saturated heterocycles. The lowest BCUT2D eigenvalue weighted by molar-refractivity contribution is -0.146. The fourth-order valence-corrected chi connectivity index (χ4v) is 2.24. The maximum atomic E-state index is 12.0. The van der Waals surface area contributed by atoms with Crippen LogP contribution in [0.1, 0.15) is 12.0 Å². The summed E-state index contributed by atoms with van der Waals surface area (Å²) in [5.74, 6) is -1.73. The summed E-state index contributed by atoms with van der Waals surface area (Å²) in [7, 11) is 0. The molecule has 0 bridgehead atoms. The predicted molar refractivity (Wildman–Crippen MR) is 72.4 cm³/mol. The number of carbonyl (C=O) groups excluding carboxylic acids is 2. The second-order valence-corrected chi connectivity index (χ2v) is 4.73. The van der Waals surface area contributed by atoms with Gasteiger partial charge >= 0.3 is 5.97 Å². The molecule has 2 rings (SSSR count). The van der Waals surface area contributed by atoms with Crippen LogP contribution in [0.15, 0.2) is 24.3 Å². The molecule has 0 saturated carbocycles. The zero-order valence-electron chi connectivity index (χ0n) is 11.2. The smallest absolute Gasteiger partial charge is 0.305 e. The summed E-state index contributed by atoms with van der Waals surface area (Å²) in [4.78, 5) is 37.2. The molecule has 1 heterocycles. The average Bonchev–Trinajstić information content (AvgIpc) is 2.37. The summed E-state index contributed by atoms with van der Waals surface area (Å²) >= 11 is 0. The highest BCUT2D eigenvalue weighted by atomic mass is 16.4. The number of aliphatic carboxylic acids is 1. The summed E-state index contributed by atoms with van der Waals surface area (Å²) in [6.45, 7) is 2.04. The largest absolute Gasteiger partial charge is 0.481 e. The number of piperazine rings is 1. The molecule has 106 valence electrons. The molecule has 6 nitrogen and oxygen atoms in total. The van der Waals surface area contributed by atoms with Crippen LogP contribution >= 0.6 is 0 Å². The van der Waals surface area contributed by atoms with E-state index < -0.39 is 5.97 Å². The third kappa shape index (κ3) is 2.96. The van der Waals surface area contributed by atoms with Crippen LogP contribution in [0.3, 0.4) is 0 Å². The second kappa shape index (κ2) is 5.73. The van der Waals surface area contributed by atoms with Gasteiger partial charge in [0.15, 0.2) is 0 Å². The number of hydrogen-bond donors (Lipinski definition) is 1. The number of aryl methyl sites for hydroxylation is 1. The molecule has 0 radical (unpaired) electrons. The van der Waals surface area contributed by atoms with Gasteiger partial charge in [-0.1, -0.05) is 18.2 Å². The summed E-state index contributed by atoms with van der Waals surface area (Å²) < 4.78 is 0. The van der Waals surface area contributed by atoms with Crippen LogP contribution in [0.4, 0.5) is 5.69 Å². The molecule has 1 aromatic rings. The number of nitrogens with zero attached hydrogens (tertiary/aromatic N) is 2. The van der Waals surface area contributed by atoms with Gasteiger partial charge in [0.2, 0.25) is 11.8 Å². The fourth-order valence-electron chi connectivity index (χ4n) is 2.24. The van der Waals surface area contributed by atoms with Gasteiger partial charge < -0.3 is 10.0 Å². The highest BCUT2D eigenvalue weighted by molar-refractivity contribution is 6.03. The predicted octanol–water partition coefficient (Wildman–Crippen LogP) is 0.645. The van der Waals surface area contributed by atoms with Crippen molar-refractivity contribution in [2.75, 3.05) is 24.5 Å². The van der Waals surface area contributed by atoms with Crippen molar-refractivity contribution in [1.29, 1.82) is 0 Å². The van der Waals surface area contributed by atoms with Crippen LogP contribution in [-0.4, -0.2) is 47.4 Å². The fraction of sp³-hybridized carbons (Fsp3) is 0.357. The highest BCUT2D eigenvalue weighted by Gasteiger charge is 2.31. The van der Waals surface area contributed by atoms with E-state index in [2.05, 4.69) is 0 Å². The van der Waals surface area contributed by atoms with E-state index in [9.17, 15) is 14.4 Å². The van der Waals surface area contributed by atoms with Crippen LogP contribution in [0.25, 0.3) is 0 Å². The molecule has 0 aliphatic carbocycles. The number of anilines is 1. The molecule has 2 amide bonds. The van der Waals surface area contributed by atoms with Gasteiger partial charge in [-0.15, -0.1) is 0 Å². The zero-order valence-corrected chi connectivity index (χ0v) is 11.2. The van der Waals surface area contributed by atoms with Crippen molar-refractivity contribution < 1.29 is 19.5 Å². The van der Waals surface area contributed by atoms with Gasteiger partial charge in [0.1, 0.15) is 0 Å². The number of carbonyl (C=O) groups is 3. The number of carboxylic acids is 1. The molecule has 0 spiro atoms. The minimum absolute atomic E-state index is 0.0609. The first-order valence-corrected chi connectivity index (χ1v) is 6.34. The van der Waals surface area contributed by atoms with E-state index in [0.717, 1.165) is 16.2 Å². The van der Waals surface area contributed by atoms with E-state index in [1.54, 1.807) is 4.90 Å². The lowest BCUT2D eigenvalue weighted by Gasteiger charge is -2.34. The van der Waals surface area contributed by atoms with Crippen molar-refractivity contribution in [2.24, 2.45) is 0 Å². The Hall–Kier alpha value is -2.37. The van der Waals surface area contributed by atoms with Crippen molar-refractivity contribution in [1.82, 2.24) is 4.90 Å². The lowest BCUT2D eigenvalue weighted by Crippen LogP contribution is -2.54. The van der Waals surface area contributed by atoms with Gasteiger partial charge in [-0.25, -0.2) is 0 Å². The SMILES string of the molecule is Cc1ccccc1N1CC(=O)N(CCC(=O)O)C(=O)C1. The first-order valence-electron chi connectivity index (χ1n) is 6.34. The van der Waals surface area contributed by atoms with Crippen LogP contribution in [-0.2, 0) is 14.4 Å². The Balaban J connectivity index is 2.10. The first kappa shape index (κ1) is 14.0. The van der Waals surface area contributed by atoms with Crippen molar-refractivity contribution in [3.63, 3.8) is 0 Å². The minimum atomic E-state index is -1.02. The van der Waals surface area contributed by atoms with Gasteiger partial charge in [-0.05, 0) is 18.6 Å². The topological polar surface area (TPSA) is 77.9 Å². The van der Waals surface area contributed by atoms with E-state index in [0.29, 0.717) is 0 Å². The number of amides is 2. The number of benzene rings is 1. The molecule has 1 aliphatic heterocycles.